The van der Waals surface area contributed by atoms with Gasteiger partial charge in [0.1, 0.15) is 17.8 Å². The summed E-state index contributed by atoms with van der Waals surface area (Å²) in [7, 11) is 1.57. The van der Waals surface area contributed by atoms with Gasteiger partial charge in [0.25, 0.3) is 0 Å². The van der Waals surface area contributed by atoms with Crippen molar-refractivity contribution in [1.82, 2.24) is 20.2 Å². The average molecular weight is 295 g/mol. The lowest BCUT2D eigenvalue weighted by atomic mass is 10.2. The van der Waals surface area contributed by atoms with Gasteiger partial charge in [-0.3, -0.25) is 4.99 Å². The molecule has 110 valence electrons. The molecule has 0 saturated carbocycles. The molecule has 0 saturated heterocycles. The minimum Gasteiger partial charge on any atom is -0.507 e. The smallest absolute Gasteiger partial charge is 0.143 e. The summed E-state index contributed by atoms with van der Waals surface area (Å²) >= 11 is 0. The second-order valence-electron chi connectivity index (χ2n) is 4.46. The monoisotopic (exact) mass is 295 g/mol. The maximum atomic E-state index is 9.84. The third-order valence-electron chi connectivity index (χ3n) is 3.03. The van der Waals surface area contributed by atoms with Crippen LogP contribution in [0, 0.1) is 0 Å². The van der Waals surface area contributed by atoms with Crippen LogP contribution in [0.25, 0.3) is 5.69 Å². The summed E-state index contributed by atoms with van der Waals surface area (Å²) in [6, 6.07) is 12.4. The lowest BCUT2D eigenvalue weighted by molar-refractivity contribution is 0.412. The van der Waals surface area contributed by atoms with Gasteiger partial charge in [0.15, 0.2) is 0 Å². The zero-order valence-electron chi connectivity index (χ0n) is 11.8. The number of nitrogens with zero attached hydrogens (tertiary/aromatic N) is 5. The predicted octanol–water partition coefficient (Wildman–Crippen LogP) is 2.13. The molecule has 1 aromatic heterocycles. The van der Waals surface area contributed by atoms with E-state index in [1.54, 1.807) is 36.2 Å². The first-order chi connectivity index (χ1) is 10.8. The number of aromatic nitrogens is 4. The molecule has 0 bridgehead atoms. The lowest BCUT2D eigenvalue weighted by Gasteiger charge is -2.03. The molecule has 0 aliphatic rings. The Labute approximate surface area is 126 Å². The maximum absolute atomic E-state index is 9.84. The molecule has 0 fully saturated rings. The molecule has 1 N–H and O–H groups in total. The van der Waals surface area contributed by atoms with E-state index >= 15 is 0 Å². The van der Waals surface area contributed by atoms with Crippen molar-refractivity contribution in [2.24, 2.45) is 4.99 Å². The van der Waals surface area contributed by atoms with Crippen molar-refractivity contribution in [3.8, 4) is 17.2 Å². The fourth-order valence-corrected chi connectivity index (χ4v) is 1.90. The maximum Gasteiger partial charge on any atom is 0.143 e. The normalized spacial score (nSPS) is 11.0. The third-order valence-corrected chi connectivity index (χ3v) is 3.03. The molecule has 3 aromatic rings. The van der Waals surface area contributed by atoms with Gasteiger partial charge >= 0.3 is 0 Å². The van der Waals surface area contributed by atoms with Gasteiger partial charge in [0.2, 0.25) is 0 Å². The fraction of sp³-hybridized carbons (Fsp3) is 0.0667. The summed E-state index contributed by atoms with van der Waals surface area (Å²) in [5, 5.41) is 20.9. The molecule has 3 rings (SSSR count). The van der Waals surface area contributed by atoms with Crippen LogP contribution in [0.1, 0.15) is 5.56 Å². The summed E-state index contributed by atoms with van der Waals surface area (Å²) in [5.74, 6) is 0.794. The second-order valence-corrected chi connectivity index (χ2v) is 4.46. The van der Waals surface area contributed by atoms with Gasteiger partial charge in [0, 0.05) is 11.8 Å². The number of hydrogen-bond acceptors (Lipinski definition) is 6. The Bertz CT molecular complexity index is 799. The topological polar surface area (TPSA) is 85.4 Å². The summed E-state index contributed by atoms with van der Waals surface area (Å²) < 4.78 is 6.68. The van der Waals surface area contributed by atoms with E-state index in [-0.39, 0.29) is 5.75 Å². The highest BCUT2D eigenvalue weighted by molar-refractivity contribution is 5.86. The number of benzene rings is 2. The van der Waals surface area contributed by atoms with Crippen LogP contribution in [0.4, 0.5) is 5.69 Å². The van der Waals surface area contributed by atoms with Crippen LogP contribution in [-0.4, -0.2) is 38.6 Å². The predicted molar refractivity (Wildman–Crippen MR) is 81.1 cm³/mol. The number of rotatable bonds is 4. The zero-order chi connectivity index (χ0) is 15.4. The van der Waals surface area contributed by atoms with Crippen LogP contribution >= 0.6 is 0 Å². The van der Waals surface area contributed by atoms with Gasteiger partial charge in [-0.05, 0) is 46.8 Å². The Hall–Kier alpha value is -3.22. The molecule has 22 heavy (non-hydrogen) atoms. The molecule has 0 atom stereocenters. The van der Waals surface area contributed by atoms with Crippen LogP contribution in [-0.2, 0) is 0 Å². The van der Waals surface area contributed by atoms with E-state index in [0.717, 1.165) is 11.4 Å². The summed E-state index contributed by atoms with van der Waals surface area (Å²) in [5.41, 5.74) is 2.09. The van der Waals surface area contributed by atoms with Crippen LogP contribution in [0.5, 0.6) is 11.5 Å². The van der Waals surface area contributed by atoms with E-state index in [4.69, 9.17) is 4.74 Å². The first-order valence-electron chi connectivity index (χ1n) is 6.51. The van der Waals surface area contributed by atoms with E-state index in [2.05, 4.69) is 20.5 Å². The van der Waals surface area contributed by atoms with Gasteiger partial charge in [0.05, 0.1) is 18.5 Å². The molecular weight excluding hydrogens is 282 g/mol. The molecule has 1 heterocycles. The third kappa shape index (κ3) is 2.93. The molecule has 0 aliphatic heterocycles. The molecule has 2 aromatic carbocycles. The molecule has 0 spiro atoms. The minimum absolute atomic E-state index is 0.140. The largest absolute Gasteiger partial charge is 0.507 e. The van der Waals surface area contributed by atoms with Crippen LogP contribution in [0.3, 0.4) is 0 Å². The van der Waals surface area contributed by atoms with Gasteiger partial charge in [-0.2, -0.15) is 0 Å². The quantitative estimate of drug-likeness (QED) is 0.745. The van der Waals surface area contributed by atoms with E-state index in [9.17, 15) is 5.11 Å². The van der Waals surface area contributed by atoms with E-state index < -0.39 is 0 Å². The van der Waals surface area contributed by atoms with Gasteiger partial charge in [-0.1, -0.05) is 6.07 Å². The Balaban J connectivity index is 1.88. The Kier molecular flexibility index (Phi) is 3.78. The molecule has 0 unspecified atom stereocenters. The van der Waals surface area contributed by atoms with Crippen molar-refractivity contribution in [1.29, 1.82) is 0 Å². The first-order valence-corrected chi connectivity index (χ1v) is 6.51. The number of hydrogen-bond donors (Lipinski definition) is 1. The van der Waals surface area contributed by atoms with E-state index in [1.165, 1.54) is 6.33 Å². The zero-order valence-corrected chi connectivity index (χ0v) is 11.8. The fourth-order valence-electron chi connectivity index (χ4n) is 1.90. The van der Waals surface area contributed by atoms with Crippen molar-refractivity contribution < 1.29 is 9.84 Å². The Morgan fingerprint density at radius 2 is 2.14 bits per heavy atom. The van der Waals surface area contributed by atoms with E-state index in [0.29, 0.717) is 11.3 Å². The standard InChI is InChI=1S/C15H13N5O2/c1-22-14-5-6-15(21)11(7-14)9-16-12-3-2-4-13(8-12)20-10-17-18-19-20/h2-10,21H,1H3. The lowest BCUT2D eigenvalue weighted by Crippen LogP contribution is -1.94. The highest BCUT2D eigenvalue weighted by atomic mass is 16.5. The molecular formula is C15H13N5O2. The SMILES string of the molecule is COc1ccc(O)c(C=Nc2cccc(-n3cnnn3)c2)c1. The Morgan fingerprint density at radius 1 is 1.23 bits per heavy atom. The highest BCUT2D eigenvalue weighted by Crippen LogP contribution is 2.22. The number of aromatic hydroxyl groups is 1. The van der Waals surface area contributed by atoms with Crippen LogP contribution in [0.15, 0.2) is 53.8 Å². The first kappa shape index (κ1) is 13.7. The molecule has 7 heteroatoms. The average Bonchev–Trinajstić information content (AvgIpc) is 3.09. The van der Waals surface area contributed by atoms with E-state index in [1.807, 2.05) is 24.3 Å². The van der Waals surface area contributed by atoms with Crippen molar-refractivity contribution in [2.45, 2.75) is 0 Å². The minimum atomic E-state index is 0.140. The number of phenols is 1. The highest BCUT2D eigenvalue weighted by Gasteiger charge is 2.02. The summed E-state index contributed by atoms with van der Waals surface area (Å²) in [6.45, 7) is 0. The van der Waals surface area contributed by atoms with Gasteiger partial charge in [-0.25, -0.2) is 4.68 Å². The number of phenolic OH excluding ortho intramolecular Hbond substituents is 1. The second kappa shape index (κ2) is 6.04. The number of ether oxygens (including phenoxy) is 1. The van der Waals surface area contributed by atoms with Gasteiger partial charge < -0.3 is 9.84 Å². The van der Waals surface area contributed by atoms with Crippen LogP contribution in [0.2, 0.25) is 0 Å². The molecule has 0 aliphatic carbocycles. The van der Waals surface area contributed by atoms with Crippen molar-refractivity contribution in [3.63, 3.8) is 0 Å². The van der Waals surface area contributed by atoms with Crippen molar-refractivity contribution in [2.75, 3.05) is 7.11 Å². The Morgan fingerprint density at radius 3 is 2.91 bits per heavy atom. The molecule has 0 radical (unpaired) electrons. The number of tetrazole rings is 1. The van der Waals surface area contributed by atoms with Crippen LogP contribution < -0.4 is 4.74 Å². The summed E-state index contributed by atoms with van der Waals surface area (Å²) in [4.78, 5) is 4.36. The van der Waals surface area contributed by atoms with Gasteiger partial charge in [-0.15, -0.1) is 5.10 Å². The molecule has 0 amide bonds. The molecule has 7 nitrogen and oxygen atoms in total. The summed E-state index contributed by atoms with van der Waals surface area (Å²) in [6.07, 6.45) is 3.09. The van der Waals surface area contributed by atoms with Crippen molar-refractivity contribution >= 4 is 11.9 Å². The number of methoxy groups -OCH3 is 1. The van der Waals surface area contributed by atoms with Crippen molar-refractivity contribution in [3.05, 3.63) is 54.4 Å². The number of aliphatic imine (C=N–C) groups is 1.